The van der Waals surface area contributed by atoms with E-state index < -0.39 is 0 Å². The number of amides is 1. The van der Waals surface area contributed by atoms with Crippen molar-refractivity contribution in [1.82, 2.24) is 0 Å². The van der Waals surface area contributed by atoms with Gasteiger partial charge in [0.25, 0.3) is 5.91 Å². The molecule has 4 heteroatoms. The van der Waals surface area contributed by atoms with Crippen LogP contribution in [0.5, 0.6) is 11.5 Å². The van der Waals surface area contributed by atoms with Crippen LogP contribution in [0.25, 0.3) is 0 Å². The maximum Gasteiger partial charge on any atom is 0.255 e. The first-order chi connectivity index (χ1) is 9.72. The molecule has 4 nitrogen and oxygen atoms in total. The fraction of sp³-hybridized carbons (Fsp3) is 0.188. The molecule has 0 aliphatic rings. The van der Waals surface area contributed by atoms with Gasteiger partial charge in [0.15, 0.2) is 0 Å². The second-order valence-corrected chi connectivity index (χ2v) is 4.14. The van der Waals surface area contributed by atoms with Crippen molar-refractivity contribution in [2.24, 2.45) is 0 Å². The minimum atomic E-state index is -0.170. The lowest BCUT2D eigenvalue weighted by atomic mass is 10.2. The molecule has 0 saturated carbocycles. The molecule has 0 atom stereocenters. The standard InChI is InChI=1S/C16H17NO3/c1-3-20-15-6-4-5-12(11-15)16(18)17-13-7-9-14(19-2)10-8-13/h4-11H,3H2,1-2H3,(H,17,18). The SMILES string of the molecule is CCOc1cccc(C(=O)Nc2ccc(OC)cc2)c1. The topological polar surface area (TPSA) is 47.6 Å². The van der Waals surface area contributed by atoms with E-state index in [1.54, 1.807) is 49.6 Å². The molecule has 1 N–H and O–H groups in total. The fourth-order valence-electron chi connectivity index (χ4n) is 1.77. The zero-order valence-electron chi connectivity index (χ0n) is 11.6. The van der Waals surface area contributed by atoms with Crippen LogP contribution in [0.15, 0.2) is 48.5 Å². The van der Waals surface area contributed by atoms with Gasteiger partial charge in [-0.15, -0.1) is 0 Å². The molecule has 0 radical (unpaired) electrons. The van der Waals surface area contributed by atoms with Gasteiger partial charge in [0, 0.05) is 11.3 Å². The van der Waals surface area contributed by atoms with Crippen molar-refractivity contribution in [1.29, 1.82) is 0 Å². The molecule has 1 amide bonds. The number of nitrogens with one attached hydrogen (secondary N) is 1. The third kappa shape index (κ3) is 3.51. The molecule has 20 heavy (non-hydrogen) atoms. The molecule has 0 fully saturated rings. The maximum absolute atomic E-state index is 12.1. The zero-order chi connectivity index (χ0) is 14.4. The van der Waals surface area contributed by atoms with Gasteiger partial charge in [-0.25, -0.2) is 0 Å². The quantitative estimate of drug-likeness (QED) is 0.907. The Morgan fingerprint density at radius 3 is 2.50 bits per heavy atom. The van der Waals surface area contributed by atoms with Crippen molar-refractivity contribution in [3.8, 4) is 11.5 Å². The molecule has 0 spiro atoms. The average Bonchev–Trinajstić information content (AvgIpc) is 2.48. The number of rotatable bonds is 5. The summed E-state index contributed by atoms with van der Waals surface area (Å²) in [6.45, 7) is 2.48. The molecule has 0 aliphatic carbocycles. The second-order valence-electron chi connectivity index (χ2n) is 4.14. The monoisotopic (exact) mass is 271 g/mol. The van der Waals surface area contributed by atoms with E-state index in [1.807, 2.05) is 13.0 Å². The molecular weight excluding hydrogens is 254 g/mol. The lowest BCUT2D eigenvalue weighted by Gasteiger charge is -2.08. The highest BCUT2D eigenvalue weighted by Crippen LogP contribution is 2.17. The number of carbonyl (C=O) groups is 1. The largest absolute Gasteiger partial charge is 0.497 e. The Balaban J connectivity index is 2.08. The number of carbonyl (C=O) groups excluding carboxylic acids is 1. The van der Waals surface area contributed by atoms with Crippen molar-refractivity contribution in [2.45, 2.75) is 6.92 Å². The van der Waals surface area contributed by atoms with E-state index in [0.717, 1.165) is 11.4 Å². The smallest absolute Gasteiger partial charge is 0.255 e. The Morgan fingerprint density at radius 2 is 1.85 bits per heavy atom. The molecule has 0 bridgehead atoms. The Morgan fingerprint density at radius 1 is 1.10 bits per heavy atom. The van der Waals surface area contributed by atoms with Crippen molar-refractivity contribution in [3.63, 3.8) is 0 Å². The molecule has 2 aromatic carbocycles. The van der Waals surface area contributed by atoms with E-state index in [1.165, 1.54) is 0 Å². The summed E-state index contributed by atoms with van der Waals surface area (Å²) < 4.78 is 10.5. The van der Waals surface area contributed by atoms with Crippen LogP contribution >= 0.6 is 0 Å². The van der Waals surface area contributed by atoms with Crippen LogP contribution < -0.4 is 14.8 Å². The molecule has 2 rings (SSSR count). The van der Waals surface area contributed by atoms with Gasteiger partial charge < -0.3 is 14.8 Å². The van der Waals surface area contributed by atoms with Crippen LogP contribution in [0, 0.1) is 0 Å². The number of ether oxygens (including phenoxy) is 2. The van der Waals surface area contributed by atoms with Gasteiger partial charge in [-0.2, -0.15) is 0 Å². The number of hydrogen-bond acceptors (Lipinski definition) is 3. The minimum absolute atomic E-state index is 0.170. The third-order valence-electron chi connectivity index (χ3n) is 2.76. The Kier molecular flexibility index (Phi) is 4.60. The summed E-state index contributed by atoms with van der Waals surface area (Å²) in [5.41, 5.74) is 1.28. The maximum atomic E-state index is 12.1. The minimum Gasteiger partial charge on any atom is -0.497 e. The van der Waals surface area contributed by atoms with Crippen LogP contribution in [0.4, 0.5) is 5.69 Å². The summed E-state index contributed by atoms with van der Waals surface area (Å²) >= 11 is 0. The van der Waals surface area contributed by atoms with E-state index >= 15 is 0 Å². The lowest BCUT2D eigenvalue weighted by molar-refractivity contribution is 0.102. The average molecular weight is 271 g/mol. The number of anilines is 1. The first-order valence-electron chi connectivity index (χ1n) is 6.41. The van der Waals surface area contributed by atoms with E-state index in [9.17, 15) is 4.79 Å². The van der Waals surface area contributed by atoms with E-state index in [2.05, 4.69) is 5.32 Å². The van der Waals surface area contributed by atoms with Crippen molar-refractivity contribution in [3.05, 3.63) is 54.1 Å². The summed E-state index contributed by atoms with van der Waals surface area (Å²) in [5.74, 6) is 1.27. The second kappa shape index (κ2) is 6.61. The van der Waals surface area contributed by atoms with Gasteiger partial charge in [0.05, 0.1) is 13.7 Å². The molecule has 0 aliphatic heterocycles. The first kappa shape index (κ1) is 13.9. The van der Waals surface area contributed by atoms with Gasteiger partial charge in [0.1, 0.15) is 11.5 Å². The Labute approximate surface area is 118 Å². The number of benzene rings is 2. The molecule has 0 saturated heterocycles. The molecular formula is C16H17NO3. The van der Waals surface area contributed by atoms with E-state index in [-0.39, 0.29) is 5.91 Å². The van der Waals surface area contributed by atoms with E-state index in [0.29, 0.717) is 17.9 Å². The van der Waals surface area contributed by atoms with Crippen molar-refractivity contribution in [2.75, 3.05) is 19.0 Å². The summed E-state index contributed by atoms with van der Waals surface area (Å²) in [7, 11) is 1.60. The number of methoxy groups -OCH3 is 1. The van der Waals surface area contributed by atoms with Crippen molar-refractivity contribution >= 4 is 11.6 Å². The summed E-state index contributed by atoms with van der Waals surface area (Å²) in [6, 6.07) is 14.3. The van der Waals surface area contributed by atoms with Crippen LogP contribution in [0.1, 0.15) is 17.3 Å². The van der Waals surface area contributed by atoms with Crippen LogP contribution in [0.3, 0.4) is 0 Å². The van der Waals surface area contributed by atoms with Gasteiger partial charge >= 0.3 is 0 Å². The summed E-state index contributed by atoms with van der Waals surface area (Å²) in [4.78, 5) is 12.1. The van der Waals surface area contributed by atoms with Gasteiger partial charge in [-0.1, -0.05) is 6.07 Å². The normalized spacial score (nSPS) is 9.90. The highest BCUT2D eigenvalue weighted by molar-refractivity contribution is 6.04. The van der Waals surface area contributed by atoms with E-state index in [4.69, 9.17) is 9.47 Å². The van der Waals surface area contributed by atoms with Crippen molar-refractivity contribution < 1.29 is 14.3 Å². The van der Waals surface area contributed by atoms with Crippen LogP contribution in [-0.4, -0.2) is 19.6 Å². The van der Waals surface area contributed by atoms with Gasteiger partial charge in [0.2, 0.25) is 0 Å². The van der Waals surface area contributed by atoms with Crippen LogP contribution in [-0.2, 0) is 0 Å². The Bertz CT molecular complexity index is 579. The predicted molar refractivity (Wildman–Crippen MR) is 78.6 cm³/mol. The Hall–Kier alpha value is -2.49. The lowest BCUT2D eigenvalue weighted by Crippen LogP contribution is -2.11. The molecule has 0 heterocycles. The van der Waals surface area contributed by atoms with Gasteiger partial charge in [-0.3, -0.25) is 4.79 Å². The first-order valence-corrected chi connectivity index (χ1v) is 6.41. The molecule has 2 aromatic rings. The molecule has 0 aromatic heterocycles. The highest BCUT2D eigenvalue weighted by atomic mass is 16.5. The summed E-state index contributed by atoms with van der Waals surface area (Å²) in [6.07, 6.45) is 0. The molecule has 0 unspecified atom stereocenters. The number of hydrogen-bond donors (Lipinski definition) is 1. The van der Waals surface area contributed by atoms with Crippen LogP contribution in [0.2, 0.25) is 0 Å². The zero-order valence-corrected chi connectivity index (χ0v) is 11.6. The molecule has 104 valence electrons. The summed E-state index contributed by atoms with van der Waals surface area (Å²) in [5, 5.41) is 2.83. The van der Waals surface area contributed by atoms with Gasteiger partial charge in [-0.05, 0) is 49.4 Å². The predicted octanol–water partition coefficient (Wildman–Crippen LogP) is 3.35. The highest BCUT2D eigenvalue weighted by Gasteiger charge is 2.07. The fourth-order valence-corrected chi connectivity index (χ4v) is 1.77. The third-order valence-corrected chi connectivity index (χ3v) is 2.76.